The molecule has 3 nitrogen and oxygen atoms in total. The van der Waals surface area contributed by atoms with Crippen LogP contribution in [0.1, 0.15) is 20.8 Å². The molecule has 1 aromatic carbocycles. The third kappa shape index (κ3) is 2.65. The highest BCUT2D eigenvalue weighted by molar-refractivity contribution is 5.51. The summed E-state index contributed by atoms with van der Waals surface area (Å²) in [6.07, 6.45) is 0. The quantitative estimate of drug-likeness (QED) is 0.799. The molecule has 0 aliphatic carbocycles. The Bertz CT molecular complexity index is 432. The second-order valence-corrected chi connectivity index (χ2v) is 5.95. The summed E-state index contributed by atoms with van der Waals surface area (Å²) in [5.74, 6) is -0.247. The summed E-state index contributed by atoms with van der Waals surface area (Å²) in [5, 5.41) is 13.5. The maximum atomic E-state index is 14.0. The van der Waals surface area contributed by atoms with Gasteiger partial charge in [-0.3, -0.25) is 0 Å². The SMILES string of the molecule is CC1(O)CNCC(C)(C)N(c2ccccc2F)C1. The van der Waals surface area contributed by atoms with Gasteiger partial charge in [0, 0.05) is 25.2 Å². The molecule has 4 heteroatoms. The van der Waals surface area contributed by atoms with Gasteiger partial charge >= 0.3 is 0 Å². The molecule has 0 aromatic heterocycles. The standard InChI is InChI=1S/C14H21FN2O/c1-13(2)8-16-9-14(3,18)10-17(13)12-7-5-4-6-11(12)15/h4-7,16,18H,8-10H2,1-3H3. The number of nitrogens with one attached hydrogen (secondary N) is 1. The number of para-hydroxylation sites is 1. The summed E-state index contributed by atoms with van der Waals surface area (Å²) < 4.78 is 14.0. The minimum Gasteiger partial charge on any atom is -0.387 e. The summed E-state index contributed by atoms with van der Waals surface area (Å²) in [6.45, 7) is 7.50. The van der Waals surface area contributed by atoms with Crippen molar-refractivity contribution >= 4 is 5.69 Å². The number of hydrogen-bond acceptors (Lipinski definition) is 3. The Balaban J connectivity index is 2.41. The van der Waals surface area contributed by atoms with E-state index in [2.05, 4.69) is 5.32 Å². The van der Waals surface area contributed by atoms with E-state index in [1.807, 2.05) is 24.8 Å². The topological polar surface area (TPSA) is 35.5 Å². The summed E-state index contributed by atoms with van der Waals surface area (Å²) in [4.78, 5) is 1.95. The highest BCUT2D eigenvalue weighted by Crippen LogP contribution is 2.29. The molecule has 1 fully saturated rings. The number of rotatable bonds is 1. The van der Waals surface area contributed by atoms with E-state index in [9.17, 15) is 9.50 Å². The summed E-state index contributed by atoms with van der Waals surface area (Å²) >= 11 is 0. The third-order valence-electron chi connectivity index (χ3n) is 3.44. The Morgan fingerprint density at radius 2 is 1.89 bits per heavy atom. The highest BCUT2D eigenvalue weighted by atomic mass is 19.1. The van der Waals surface area contributed by atoms with Crippen LogP contribution in [0.2, 0.25) is 0 Å². The zero-order valence-electron chi connectivity index (χ0n) is 11.2. The molecule has 1 saturated heterocycles. The van der Waals surface area contributed by atoms with E-state index >= 15 is 0 Å². The van der Waals surface area contributed by atoms with E-state index in [1.54, 1.807) is 19.1 Å². The molecule has 2 rings (SSSR count). The molecule has 0 radical (unpaired) electrons. The van der Waals surface area contributed by atoms with Crippen molar-refractivity contribution in [2.45, 2.75) is 31.9 Å². The minimum atomic E-state index is -0.865. The molecule has 100 valence electrons. The van der Waals surface area contributed by atoms with Crippen molar-refractivity contribution in [1.29, 1.82) is 0 Å². The monoisotopic (exact) mass is 252 g/mol. The van der Waals surface area contributed by atoms with E-state index in [-0.39, 0.29) is 11.4 Å². The average Bonchev–Trinajstić information content (AvgIpc) is 2.36. The Kier molecular flexibility index (Phi) is 3.34. The van der Waals surface area contributed by atoms with Gasteiger partial charge in [0.1, 0.15) is 5.82 Å². The molecular formula is C14H21FN2O. The van der Waals surface area contributed by atoms with Gasteiger partial charge < -0.3 is 15.3 Å². The van der Waals surface area contributed by atoms with E-state index < -0.39 is 5.60 Å². The van der Waals surface area contributed by atoms with Gasteiger partial charge in [0.15, 0.2) is 0 Å². The maximum absolute atomic E-state index is 14.0. The lowest BCUT2D eigenvalue weighted by Gasteiger charge is -2.41. The zero-order valence-corrected chi connectivity index (χ0v) is 11.2. The predicted molar refractivity (Wildman–Crippen MR) is 71.3 cm³/mol. The first-order valence-electron chi connectivity index (χ1n) is 6.27. The van der Waals surface area contributed by atoms with Gasteiger partial charge in [-0.25, -0.2) is 4.39 Å². The first-order chi connectivity index (χ1) is 8.32. The number of β-amino-alcohol motifs (C(OH)–C–C–N with tert-alkyl or cyclic N) is 1. The summed E-state index contributed by atoms with van der Waals surface area (Å²) in [5.41, 5.74) is -0.565. The van der Waals surface area contributed by atoms with Crippen molar-refractivity contribution in [2.75, 3.05) is 24.5 Å². The predicted octanol–water partition coefficient (Wildman–Crippen LogP) is 1.76. The van der Waals surface area contributed by atoms with Crippen LogP contribution >= 0.6 is 0 Å². The van der Waals surface area contributed by atoms with Crippen LogP contribution in [0.25, 0.3) is 0 Å². The van der Waals surface area contributed by atoms with Crippen LogP contribution in [-0.4, -0.2) is 35.9 Å². The van der Waals surface area contributed by atoms with Crippen LogP contribution in [0.15, 0.2) is 24.3 Å². The first-order valence-corrected chi connectivity index (χ1v) is 6.27. The lowest BCUT2D eigenvalue weighted by atomic mass is 10.00. The number of halogens is 1. The van der Waals surface area contributed by atoms with Crippen LogP contribution in [0.4, 0.5) is 10.1 Å². The molecule has 1 aromatic rings. The van der Waals surface area contributed by atoms with E-state index in [0.717, 1.165) is 0 Å². The van der Waals surface area contributed by atoms with Crippen molar-refractivity contribution in [3.8, 4) is 0 Å². The number of aliphatic hydroxyl groups is 1. The summed E-state index contributed by atoms with van der Waals surface area (Å²) in [7, 11) is 0. The molecule has 1 unspecified atom stereocenters. The smallest absolute Gasteiger partial charge is 0.146 e. The Morgan fingerprint density at radius 1 is 1.22 bits per heavy atom. The molecule has 1 aliphatic heterocycles. The Labute approximate surface area is 108 Å². The van der Waals surface area contributed by atoms with Crippen molar-refractivity contribution in [1.82, 2.24) is 5.32 Å². The molecule has 0 amide bonds. The zero-order chi connectivity index (χ0) is 13.4. The molecule has 1 aliphatic rings. The van der Waals surface area contributed by atoms with E-state index in [1.165, 1.54) is 6.07 Å². The second-order valence-electron chi connectivity index (χ2n) is 5.95. The van der Waals surface area contributed by atoms with Crippen molar-refractivity contribution in [3.63, 3.8) is 0 Å². The van der Waals surface area contributed by atoms with Gasteiger partial charge in [-0.05, 0) is 32.9 Å². The number of hydrogen-bond donors (Lipinski definition) is 2. The fraction of sp³-hybridized carbons (Fsp3) is 0.571. The molecule has 1 atom stereocenters. The number of anilines is 1. The van der Waals surface area contributed by atoms with Crippen molar-refractivity contribution in [3.05, 3.63) is 30.1 Å². The lowest BCUT2D eigenvalue weighted by Crippen LogP contribution is -2.51. The molecule has 0 spiro atoms. The number of nitrogens with zero attached hydrogens (tertiary/aromatic N) is 1. The largest absolute Gasteiger partial charge is 0.387 e. The van der Waals surface area contributed by atoms with Crippen LogP contribution < -0.4 is 10.2 Å². The van der Waals surface area contributed by atoms with Gasteiger partial charge in [-0.15, -0.1) is 0 Å². The van der Waals surface area contributed by atoms with E-state index in [0.29, 0.717) is 25.3 Å². The maximum Gasteiger partial charge on any atom is 0.146 e. The van der Waals surface area contributed by atoms with Crippen LogP contribution in [-0.2, 0) is 0 Å². The van der Waals surface area contributed by atoms with Crippen molar-refractivity contribution in [2.24, 2.45) is 0 Å². The van der Waals surface area contributed by atoms with Crippen LogP contribution in [0.5, 0.6) is 0 Å². The van der Waals surface area contributed by atoms with Crippen LogP contribution in [0.3, 0.4) is 0 Å². The molecule has 1 heterocycles. The van der Waals surface area contributed by atoms with Gasteiger partial charge in [-0.2, -0.15) is 0 Å². The molecule has 18 heavy (non-hydrogen) atoms. The number of benzene rings is 1. The molecule has 0 saturated carbocycles. The van der Waals surface area contributed by atoms with Gasteiger partial charge in [0.05, 0.1) is 11.3 Å². The first kappa shape index (κ1) is 13.3. The highest BCUT2D eigenvalue weighted by Gasteiger charge is 2.37. The van der Waals surface area contributed by atoms with Gasteiger partial charge in [-0.1, -0.05) is 12.1 Å². The lowest BCUT2D eigenvalue weighted by molar-refractivity contribution is 0.0719. The average molecular weight is 252 g/mol. The Morgan fingerprint density at radius 3 is 2.56 bits per heavy atom. The normalized spacial score (nSPS) is 27.9. The second kappa shape index (κ2) is 4.52. The fourth-order valence-corrected chi connectivity index (χ4v) is 2.43. The third-order valence-corrected chi connectivity index (χ3v) is 3.44. The van der Waals surface area contributed by atoms with Gasteiger partial charge in [0.25, 0.3) is 0 Å². The minimum absolute atomic E-state index is 0.247. The molecule has 0 bridgehead atoms. The van der Waals surface area contributed by atoms with Crippen LogP contribution in [0, 0.1) is 5.82 Å². The molecule has 2 N–H and O–H groups in total. The van der Waals surface area contributed by atoms with Crippen molar-refractivity contribution < 1.29 is 9.50 Å². The molecular weight excluding hydrogens is 231 g/mol. The fourth-order valence-electron chi connectivity index (χ4n) is 2.43. The Hall–Kier alpha value is -1.13. The summed E-state index contributed by atoms with van der Waals surface area (Å²) in [6, 6.07) is 6.72. The van der Waals surface area contributed by atoms with Gasteiger partial charge in [0.2, 0.25) is 0 Å². The van der Waals surface area contributed by atoms with E-state index in [4.69, 9.17) is 0 Å².